The van der Waals surface area contributed by atoms with Crippen molar-refractivity contribution in [2.75, 3.05) is 6.61 Å². The SMILES string of the molecule is CCOC(=O)C1(C)CCC(n2ncc(C(=O)NC(CC(=O)c3c(Cl)cccc3Cl)C3(C)CC3)c2C(F)(F)F)CC1. The number of rotatable bonds is 9. The number of nitrogens with zero attached hydrogens (tertiary/aromatic N) is 2. The Morgan fingerprint density at radius 2 is 1.73 bits per heavy atom. The average Bonchev–Trinajstić information content (AvgIpc) is 3.45. The molecule has 2 fully saturated rings. The van der Waals surface area contributed by atoms with Crippen molar-refractivity contribution >= 4 is 40.9 Å². The fourth-order valence-electron chi connectivity index (χ4n) is 5.39. The molecule has 2 aliphatic rings. The highest BCUT2D eigenvalue weighted by molar-refractivity contribution is 6.39. The molecule has 1 atom stereocenters. The van der Waals surface area contributed by atoms with Gasteiger partial charge in [0.1, 0.15) is 0 Å². The smallest absolute Gasteiger partial charge is 0.433 e. The van der Waals surface area contributed by atoms with E-state index >= 15 is 0 Å². The van der Waals surface area contributed by atoms with Crippen LogP contribution in [-0.4, -0.2) is 40.1 Å². The van der Waals surface area contributed by atoms with Gasteiger partial charge in [-0.1, -0.05) is 36.2 Å². The average molecular weight is 602 g/mol. The first-order chi connectivity index (χ1) is 18.7. The third-order valence-corrected chi connectivity index (χ3v) is 8.93. The number of aromatic nitrogens is 2. The van der Waals surface area contributed by atoms with E-state index in [2.05, 4.69) is 10.4 Å². The van der Waals surface area contributed by atoms with Crippen molar-refractivity contribution in [1.82, 2.24) is 15.1 Å². The lowest BCUT2D eigenvalue weighted by molar-refractivity contribution is -0.157. The van der Waals surface area contributed by atoms with Crippen molar-refractivity contribution < 1.29 is 32.3 Å². The number of esters is 1. The van der Waals surface area contributed by atoms with Gasteiger partial charge in [-0.15, -0.1) is 0 Å². The van der Waals surface area contributed by atoms with Crippen LogP contribution in [0.1, 0.15) is 98.2 Å². The van der Waals surface area contributed by atoms with Crippen LogP contribution < -0.4 is 5.32 Å². The largest absolute Gasteiger partial charge is 0.466 e. The summed E-state index contributed by atoms with van der Waals surface area (Å²) < 4.78 is 49.0. The summed E-state index contributed by atoms with van der Waals surface area (Å²) in [4.78, 5) is 38.8. The lowest BCUT2D eigenvalue weighted by atomic mass is 9.74. The van der Waals surface area contributed by atoms with Crippen LogP contribution in [0.5, 0.6) is 0 Å². The Labute approximate surface area is 240 Å². The second-order valence-corrected chi connectivity index (χ2v) is 12.1. The molecule has 2 saturated carbocycles. The van der Waals surface area contributed by atoms with Crippen molar-refractivity contribution in [3.05, 3.63) is 51.3 Å². The summed E-state index contributed by atoms with van der Waals surface area (Å²) in [6, 6.07) is 3.28. The molecule has 1 aromatic heterocycles. The van der Waals surface area contributed by atoms with E-state index in [1.807, 2.05) is 6.92 Å². The van der Waals surface area contributed by atoms with E-state index < -0.39 is 52.0 Å². The van der Waals surface area contributed by atoms with Crippen molar-refractivity contribution in [2.45, 2.75) is 84.0 Å². The van der Waals surface area contributed by atoms with Crippen molar-refractivity contribution in [3.8, 4) is 0 Å². The fraction of sp³-hybridized carbons (Fsp3) is 0.571. The summed E-state index contributed by atoms with van der Waals surface area (Å²) in [7, 11) is 0. The maximum Gasteiger partial charge on any atom is 0.433 e. The number of amides is 1. The van der Waals surface area contributed by atoms with E-state index in [9.17, 15) is 27.6 Å². The number of ether oxygens (including phenoxy) is 1. The standard InChI is InChI=1S/C28H32Cl2F3N3O4/c1-4-40-25(39)27(3)10-8-16(9-11-27)36-23(28(31,32)33)17(15-34-36)24(38)35-21(26(2)12-13-26)14-20(37)22-18(29)6-5-7-19(22)30/h5-7,15-16,21H,4,8-14H2,1-3H3,(H,35,38). The first-order valence-corrected chi connectivity index (χ1v) is 14.1. The van der Waals surface area contributed by atoms with Crippen LogP contribution in [0.2, 0.25) is 10.0 Å². The molecule has 0 saturated heterocycles. The molecule has 0 spiro atoms. The second kappa shape index (κ2) is 11.4. The molecular formula is C28H32Cl2F3N3O4. The number of hydrogen-bond donors (Lipinski definition) is 1. The minimum Gasteiger partial charge on any atom is -0.466 e. The van der Waals surface area contributed by atoms with Gasteiger partial charge in [0, 0.05) is 12.5 Å². The number of Topliss-reactive ketones (excluding diaryl/α,β-unsaturated/α-hetero) is 1. The number of alkyl halides is 3. The highest BCUT2D eigenvalue weighted by atomic mass is 35.5. The van der Waals surface area contributed by atoms with E-state index in [1.54, 1.807) is 19.9 Å². The molecule has 0 radical (unpaired) electrons. The van der Waals surface area contributed by atoms with E-state index in [4.69, 9.17) is 27.9 Å². The zero-order valence-electron chi connectivity index (χ0n) is 22.5. The van der Waals surface area contributed by atoms with Gasteiger partial charge < -0.3 is 10.1 Å². The lowest BCUT2D eigenvalue weighted by Crippen LogP contribution is -2.42. The molecule has 40 heavy (non-hydrogen) atoms. The topological polar surface area (TPSA) is 90.3 Å². The van der Waals surface area contributed by atoms with Crippen molar-refractivity contribution in [2.24, 2.45) is 10.8 Å². The van der Waals surface area contributed by atoms with Crippen LogP contribution in [0.25, 0.3) is 0 Å². The van der Waals surface area contributed by atoms with Gasteiger partial charge in [0.15, 0.2) is 11.5 Å². The number of carbonyl (C=O) groups excluding carboxylic acids is 3. The predicted molar refractivity (Wildman–Crippen MR) is 143 cm³/mol. The second-order valence-electron chi connectivity index (χ2n) is 11.3. The van der Waals surface area contributed by atoms with Crippen LogP contribution in [-0.2, 0) is 15.7 Å². The minimum absolute atomic E-state index is 0.116. The molecule has 1 heterocycles. The molecule has 1 aromatic carbocycles. The molecule has 12 heteroatoms. The van der Waals surface area contributed by atoms with Crippen LogP contribution in [0.15, 0.2) is 24.4 Å². The molecule has 1 amide bonds. The summed E-state index contributed by atoms with van der Waals surface area (Å²) in [5.74, 6) is -1.73. The molecule has 2 aromatic rings. The van der Waals surface area contributed by atoms with Gasteiger partial charge in [-0.2, -0.15) is 18.3 Å². The molecule has 0 bridgehead atoms. The summed E-state index contributed by atoms with van der Waals surface area (Å²) >= 11 is 12.4. The van der Waals surface area contributed by atoms with Gasteiger partial charge in [0.25, 0.3) is 5.91 Å². The number of nitrogens with one attached hydrogen (secondary N) is 1. The third-order valence-electron chi connectivity index (χ3n) is 8.30. The van der Waals surface area contributed by atoms with Crippen molar-refractivity contribution in [1.29, 1.82) is 0 Å². The Morgan fingerprint density at radius 1 is 1.12 bits per heavy atom. The first-order valence-electron chi connectivity index (χ1n) is 13.3. The molecule has 0 aliphatic heterocycles. The number of benzene rings is 1. The van der Waals surface area contributed by atoms with Gasteiger partial charge in [-0.3, -0.25) is 19.1 Å². The number of carbonyl (C=O) groups is 3. The Morgan fingerprint density at radius 3 is 2.25 bits per heavy atom. The van der Waals surface area contributed by atoms with E-state index in [0.29, 0.717) is 25.7 Å². The Hall–Kier alpha value is -2.59. The Balaban J connectivity index is 1.56. The molecule has 218 valence electrons. The summed E-state index contributed by atoms with van der Waals surface area (Å²) in [5, 5.41) is 7.00. The summed E-state index contributed by atoms with van der Waals surface area (Å²) in [6.45, 7) is 5.55. The van der Waals surface area contributed by atoms with E-state index in [-0.39, 0.29) is 47.4 Å². The third kappa shape index (κ3) is 6.17. The number of hydrogen-bond acceptors (Lipinski definition) is 5. The molecular weight excluding hydrogens is 570 g/mol. The predicted octanol–water partition coefficient (Wildman–Crippen LogP) is 7.06. The molecule has 4 rings (SSSR count). The minimum atomic E-state index is -4.86. The normalized spacial score (nSPS) is 22.9. The molecule has 1 N–H and O–H groups in total. The van der Waals surface area contributed by atoms with Crippen LogP contribution >= 0.6 is 23.2 Å². The molecule has 2 aliphatic carbocycles. The van der Waals surface area contributed by atoms with E-state index in [0.717, 1.165) is 10.9 Å². The van der Waals surface area contributed by atoms with E-state index in [1.165, 1.54) is 12.1 Å². The quantitative estimate of drug-likeness (QED) is 0.245. The maximum atomic E-state index is 14.3. The van der Waals surface area contributed by atoms with Gasteiger partial charge in [0.05, 0.1) is 45.4 Å². The van der Waals surface area contributed by atoms with Crippen molar-refractivity contribution in [3.63, 3.8) is 0 Å². The van der Waals surface area contributed by atoms with Crippen LogP contribution in [0.4, 0.5) is 13.2 Å². The Kier molecular flexibility index (Phi) is 8.62. The zero-order valence-corrected chi connectivity index (χ0v) is 24.1. The monoisotopic (exact) mass is 601 g/mol. The Bertz CT molecular complexity index is 1280. The zero-order chi connectivity index (χ0) is 29.5. The van der Waals surface area contributed by atoms with Crippen LogP contribution in [0, 0.1) is 10.8 Å². The van der Waals surface area contributed by atoms with Gasteiger partial charge >= 0.3 is 12.1 Å². The van der Waals surface area contributed by atoms with Gasteiger partial charge in [-0.05, 0) is 69.9 Å². The van der Waals surface area contributed by atoms with Crippen LogP contribution in [0.3, 0.4) is 0 Å². The number of ketones is 1. The highest BCUT2D eigenvalue weighted by Gasteiger charge is 2.48. The fourth-order valence-corrected chi connectivity index (χ4v) is 5.99. The molecule has 1 unspecified atom stereocenters. The maximum absolute atomic E-state index is 14.3. The highest BCUT2D eigenvalue weighted by Crippen LogP contribution is 2.50. The summed E-state index contributed by atoms with van der Waals surface area (Å²) in [6.07, 6.45) is -1.48. The van der Waals surface area contributed by atoms with Gasteiger partial charge in [0.2, 0.25) is 0 Å². The molecule has 7 nitrogen and oxygen atoms in total. The van der Waals surface area contributed by atoms with Gasteiger partial charge in [-0.25, -0.2) is 0 Å². The first kappa shape index (κ1) is 30.4. The summed E-state index contributed by atoms with van der Waals surface area (Å²) in [5.41, 5.74) is -2.86. The lowest BCUT2D eigenvalue weighted by Gasteiger charge is -2.35. The number of halogens is 5.